The van der Waals surface area contributed by atoms with Crippen LogP contribution in [0.4, 0.5) is 4.79 Å². The third kappa shape index (κ3) is 11.4. The fourth-order valence-corrected chi connectivity index (χ4v) is 4.87. The highest BCUT2D eigenvalue weighted by atomic mass is 16.6. The number of carbonyl (C=O) groups excluding carboxylic acids is 2. The average molecular weight is 569 g/mol. The minimum absolute atomic E-state index is 0.0201. The van der Waals surface area contributed by atoms with Crippen LogP contribution >= 0.6 is 0 Å². The lowest BCUT2D eigenvalue weighted by molar-refractivity contribution is -0.130. The van der Waals surface area contributed by atoms with Gasteiger partial charge >= 0.3 is 6.09 Å². The molecule has 0 heterocycles. The lowest BCUT2D eigenvalue weighted by atomic mass is 9.82. The number of nitrogens with one attached hydrogen (secondary N) is 2. The van der Waals surface area contributed by atoms with Crippen LogP contribution in [-0.4, -0.2) is 46.5 Å². The summed E-state index contributed by atoms with van der Waals surface area (Å²) in [6.45, 7) is 15.5. The first-order valence-electron chi connectivity index (χ1n) is 15.0. The molecule has 0 aromatic heterocycles. The van der Waals surface area contributed by atoms with E-state index >= 15 is 0 Å². The van der Waals surface area contributed by atoms with E-state index in [0.717, 1.165) is 36.0 Å². The van der Waals surface area contributed by atoms with Crippen LogP contribution in [-0.2, 0) is 16.0 Å². The van der Waals surface area contributed by atoms with Gasteiger partial charge in [-0.1, -0.05) is 89.9 Å². The molecule has 0 saturated carbocycles. The molecule has 3 atom stereocenters. The molecule has 0 spiro atoms. The Morgan fingerprint density at radius 3 is 2.22 bits per heavy atom. The Morgan fingerprint density at radius 1 is 1.00 bits per heavy atom. The number of benzene rings is 2. The van der Waals surface area contributed by atoms with Crippen molar-refractivity contribution in [2.45, 2.75) is 105 Å². The Labute approximate surface area is 247 Å². The lowest BCUT2D eigenvalue weighted by Gasteiger charge is -2.32. The maximum atomic E-state index is 12.9. The van der Waals surface area contributed by atoms with Gasteiger partial charge in [0.25, 0.3) is 0 Å². The quantitative estimate of drug-likeness (QED) is 0.199. The van der Waals surface area contributed by atoms with E-state index in [1.165, 1.54) is 0 Å². The first-order valence-corrected chi connectivity index (χ1v) is 15.0. The van der Waals surface area contributed by atoms with Gasteiger partial charge in [0.15, 0.2) is 0 Å². The Balaban J connectivity index is 2.20. The minimum atomic E-state index is -1.01. The van der Waals surface area contributed by atoms with Gasteiger partial charge in [-0.3, -0.25) is 4.79 Å². The summed E-state index contributed by atoms with van der Waals surface area (Å²) in [5, 5.41) is 27.8. The van der Waals surface area contributed by atoms with Crippen LogP contribution in [0, 0.1) is 17.3 Å². The van der Waals surface area contributed by atoms with Crippen LogP contribution in [0.15, 0.2) is 48.5 Å². The normalized spacial score (nSPS) is 14.3. The molecule has 7 heteroatoms. The number of unbranched alkanes of at least 4 members (excludes halogenated alkanes) is 1. The van der Waals surface area contributed by atoms with Gasteiger partial charge in [-0.05, 0) is 69.1 Å². The van der Waals surface area contributed by atoms with Crippen molar-refractivity contribution in [1.82, 2.24) is 10.6 Å². The number of rotatable bonds is 14. The number of phenolic OH excluding ortho intramolecular Hbond substituents is 1. The zero-order chi connectivity index (χ0) is 30.8. The number of carbonyl (C=O) groups is 2. The SMILES string of the molecule is CCCCC(C)(C)C(=O)NCC(O)C(CC(Cc1ccc(-c2ccccc2)c(O)c1)C(C)C)NC(=O)OC(C)(C)C. The second-order valence-corrected chi connectivity index (χ2v) is 13.2. The molecule has 2 aromatic rings. The summed E-state index contributed by atoms with van der Waals surface area (Å²) in [6, 6.07) is 14.8. The van der Waals surface area contributed by atoms with Crippen molar-refractivity contribution in [2.75, 3.05) is 6.54 Å². The van der Waals surface area contributed by atoms with Crippen molar-refractivity contribution in [3.8, 4) is 16.9 Å². The molecule has 0 radical (unpaired) electrons. The van der Waals surface area contributed by atoms with Gasteiger partial charge in [-0.15, -0.1) is 0 Å². The Bertz CT molecular complexity index is 1110. The molecule has 2 rings (SSSR count). The van der Waals surface area contributed by atoms with E-state index in [1.807, 2.05) is 56.3 Å². The number of aliphatic hydroxyl groups excluding tert-OH is 1. The molecule has 0 aliphatic carbocycles. The summed E-state index contributed by atoms with van der Waals surface area (Å²) in [6.07, 6.45) is 2.21. The highest BCUT2D eigenvalue weighted by Crippen LogP contribution is 2.32. The number of alkyl carbamates (subject to hydrolysis) is 1. The summed E-state index contributed by atoms with van der Waals surface area (Å²) >= 11 is 0. The second-order valence-electron chi connectivity index (χ2n) is 13.2. The molecule has 228 valence electrons. The molecule has 2 aromatic carbocycles. The molecule has 41 heavy (non-hydrogen) atoms. The van der Waals surface area contributed by atoms with Crippen molar-refractivity contribution >= 4 is 12.0 Å². The molecule has 0 bridgehead atoms. The van der Waals surface area contributed by atoms with Crippen molar-refractivity contribution in [3.05, 3.63) is 54.1 Å². The van der Waals surface area contributed by atoms with Crippen LogP contribution in [0.5, 0.6) is 5.75 Å². The number of aliphatic hydroxyl groups is 1. The smallest absolute Gasteiger partial charge is 0.407 e. The number of phenols is 1. The Hall–Kier alpha value is -3.06. The monoisotopic (exact) mass is 568 g/mol. The summed E-state index contributed by atoms with van der Waals surface area (Å²) in [5.74, 6) is 0.399. The number of ether oxygens (including phenoxy) is 1. The van der Waals surface area contributed by atoms with Crippen LogP contribution in [0.2, 0.25) is 0 Å². The van der Waals surface area contributed by atoms with Gasteiger partial charge in [0.05, 0.1) is 12.1 Å². The third-order valence-corrected chi connectivity index (χ3v) is 7.55. The second kappa shape index (κ2) is 15.2. The van der Waals surface area contributed by atoms with Gasteiger partial charge in [0.2, 0.25) is 5.91 Å². The van der Waals surface area contributed by atoms with E-state index in [1.54, 1.807) is 26.8 Å². The van der Waals surface area contributed by atoms with Crippen molar-refractivity contribution < 1.29 is 24.5 Å². The summed E-state index contributed by atoms with van der Waals surface area (Å²) in [7, 11) is 0. The van der Waals surface area contributed by atoms with Crippen LogP contribution in [0.1, 0.15) is 86.6 Å². The summed E-state index contributed by atoms with van der Waals surface area (Å²) in [4.78, 5) is 25.6. The third-order valence-electron chi connectivity index (χ3n) is 7.55. The van der Waals surface area contributed by atoms with Crippen LogP contribution in [0.3, 0.4) is 0 Å². The van der Waals surface area contributed by atoms with Gasteiger partial charge in [-0.25, -0.2) is 4.79 Å². The van der Waals surface area contributed by atoms with E-state index in [-0.39, 0.29) is 30.0 Å². The molecule has 0 fully saturated rings. The Kier molecular flexibility index (Phi) is 12.7. The van der Waals surface area contributed by atoms with Gasteiger partial charge in [0.1, 0.15) is 11.4 Å². The highest BCUT2D eigenvalue weighted by molar-refractivity contribution is 5.81. The molecule has 3 unspecified atom stereocenters. The van der Waals surface area contributed by atoms with E-state index in [4.69, 9.17) is 4.74 Å². The fourth-order valence-electron chi connectivity index (χ4n) is 4.87. The molecular formula is C34H52N2O5. The number of aromatic hydroxyl groups is 1. The van der Waals surface area contributed by atoms with Gasteiger partial charge in [-0.2, -0.15) is 0 Å². The van der Waals surface area contributed by atoms with Crippen LogP contribution < -0.4 is 10.6 Å². The van der Waals surface area contributed by atoms with E-state index in [0.29, 0.717) is 12.8 Å². The zero-order valence-corrected chi connectivity index (χ0v) is 26.3. The fraction of sp³-hybridized carbons (Fsp3) is 0.588. The Morgan fingerprint density at radius 2 is 1.66 bits per heavy atom. The van der Waals surface area contributed by atoms with Crippen LogP contribution in [0.25, 0.3) is 11.1 Å². The standard InChI is InChI=1S/C34H52N2O5/c1-9-10-18-34(7,8)31(39)35-22-30(38)28(36-32(40)41-33(4,5)6)21-26(23(2)3)19-24-16-17-27(29(37)20-24)25-14-12-11-13-15-25/h11-17,20,23,26,28,30,37-38H,9-10,18-19,21-22H2,1-8H3,(H,35,39)(H,36,40). The first kappa shape index (κ1) is 34.1. The predicted octanol–water partition coefficient (Wildman–Crippen LogP) is 6.85. The van der Waals surface area contributed by atoms with E-state index < -0.39 is 29.3 Å². The molecule has 4 N–H and O–H groups in total. The van der Waals surface area contributed by atoms with E-state index in [9.17, 15) is 19.8 Å². The van der Waals surface area contributed by atoms with E-state index in [2.05, 4.69) is 31.4 Å². The zero-order valence-electron chi connectivity index (χ0n) is 26.3. The molecule has 0 aliphatic heterocycles. The molecular weight excluding hydrogens is 516 g/mol. The molecule has 7 nitrogen and oxygen atoms in total. The maximum absolute atomic E-state index is 12.9. The number of amides is 2. The van der Waals surface area contributed by atoms with Gasteiger partial charge in [0, 0.05) is 17.5 Å². The van der Waals surface area contributed by atoms with Crippen molar-refractivity contribution in [3.63, 3.8) is 0 Å². The average Bonchev–Trinajstić information content (AvgIpc) is 2.88. The van der Waals surface area contributed by atoms with Gasteiger partial charge < -0.3 is 25.6 Å². The van der Waals surface area contributed by atoms with Crippen molar-refractivity contribution in [2.24, 2.45) is 17.3 Å². The number of hydrogen-bond acceptors (Lipinski definition) is 5. The molecule has 2 amide bonds. The first-order chi connectivity index (χ1) is 19.1. The topological polar surface area (TPSA) is 108 Å². The number of hydrogen-bond donors (Lipinski definition) is 4. The van der Waals surface area contributed by atoms with Crippen molar-refractivity contribution in [1.29, 1.82) is 0 Å². The lowest BCUT2D eigenvalue weighted by Crippen LogP contribution is -2.51. The molecule has 0 aliphatic rings. The summed E-state index contributed by atoms with van der Waals surface area (Å²) in [5.41, 5.74) is 1.46. The summed E-state index contributed by atoms with van der Waals surface area (Å²) < 4.78 is 5.49. The molecule has 0 saturated heterocycles. The minimum Gasteiger partial charge on any atom is -0.507 e. The predicted molar refractivity (Wildman–Crippen MR) is 166 cm³/mol. The largest absolute Gasteiger partial charge is 0.507 e. The highest BCUT2D eigenvalue weighted by Gasteiger charge is 2.31. The maximum Gasteiger partial charge on any atom is 0.407 e.